The Labute approximate surface area is 135 Å². The van der Waals surface area contributed by atoms with E-state index < -0.39 is 5.92 Å². The maximum Gasteiger partial charge on any atom is 0.241 e. The minimum atomic E-state index is -0.394. The lowest BCUT2D eigenvalue weighted by molar-refractivity contribution is -0.133. The topological polar surface area (TPSA) is 69.7 Å². The van der Waals surface area contributed by atoms with Crippen LogP contribution in [-0.4, -0.2) is 48.8 Å². The largest absolute Gasteiger partial charge is 0.347 e. The van der Waals surface area contributed by atoms with Gasteiger partial charge in [-0.2, -0.15) is 0 Å². The normalized spacial score (nSPS) is 20.9. The molecule has 0 radical (unpaired) electrons. The van der Waals surface area contributed by atoms with Crippen LogP contribution in [0.25, 0.3) is 0 Å². The third-order valence-electron chi connectivity index (χ3n) is 4.44. The molecule has 1 aromatic rings. The fraction of sp³-hybridized carbons (Fsp3) is 0.471. The summed E-state index contributed by atoms with van der Waals surface area (Å²) < 4.78 is 0. The summed E-state index contributed by atoms with van der Waals surface area (Å²) in [5, 5.41) is 2.68. The molecule has 0 aromatic heterocycles. The van der Waals surface area contributed by atoms with Crippen molar-refractivity contribution in [3.05, 3.63) is 30.3 Å². The van der Waals surface area contributed by atoms with E-state index in [2.05, 4.69) is 5.32 Å². The standard InChI is InChI=1S/C17H21N3O3/c21-15-10-13(12-20(15)14-6-2-1-3-7-14)17(23)18-11-16(22)19-8-4-5-9-19/h1-3,6-7,13H,4-5,8-12H2,(H,18,23). The van der Waals surface area contributed by atoms with Gasteiger partial charge in [0.1, 0.15) is 0 Å². The Kier molecular flexibility index (Phi) is 4.60. The van der Waals surface area contributed by atoms with Crippen molar-refractivity contribution in [1.82, 2.24) is 10.2 Å². The number of carbonyl (C=O) groups is 3. The van der Waals surface area contributed by atoms with Crippen molar-refractivity contribution < 1.29 is 14.4 Å². The fourth-order valence-corrected chi connectivity index (χ4v) is 3.13. The number of rotatable bonds is 4. The molecule has 6 heteroatoms. The van der Waals surface area contributed by atoms with E-state index in [1.165, 1.54) is 0 Å². The van der Waals surface area contributed by atoms with Gasteiger partial charge in [0.15, 0.2) is 0 Å². The molecule has 2 saturated heterocycles. The molecule has 1 atom stereocenters. The van der Waals surface area contributed by atoms with Gasteiger partial charge in [0, 0.05) is 31.7 Å². The number of para-hydroxylation sites is 1. The summed E-state index contributed by atoms with van der Waals surface area (Å²) in [7, 11) is 0. The van der Waals surface area contributed by atoms with Gasteiger partial charge in [-0.3, -0.25) is 14.4 Å². The first-order chi connectivity index (χ1) is 11.1. The maximum atomic E-state index is 12.2. The SMILES string of the molecule is O=C(NCC(=O)N1CCCC1)C1CC(=O)N(c2ccccc2)C1. The molecule has 1 unspecified atom stereocenters. The number of benzene rings is 1. The molecule has 3 rings (SSSR count). The summed E-state index contributed by atoms with van der Waals surface area (Å²) >= 11 is 0. The Morgan fingerprint density at radius 2 is 1.83 bits per heavy atom. The van der Waals surface area contributed by atoms with Crippen molar-refractivity contribution in [3.8, 4) is 0 Å². The van der Waals surface area contributed by atoms with E-state index in [1.54, 1.807) is 9.80 Å². The molecular weight excluding hydrogens is 294 g/mol. The van der Waals surface area contributed by atoms with Gasteiger partial charge in [0.25, 0.3) is 0 Å². The zero-order chi connectivity index (χ0) is 16.2. The van der Waals surface area contributed by atoms with Crippen LogP contribution in [-0.2, 0) is 14.4 Å². The highest BCUT2D eigenvalue weighted by Gasteiger charge is 2.35. The van der Waals surface area contributed by atoms with Crippen LogP contribution in [0.15, 0.2) is 30.3 Å². The molecule has 2 aliphatic heterocycles. The fourth-order valence-electron chi connectivity index (χ4n) is 3.13. The van der Waals surface area contributed by atoms with Gasteiger partial charge in [-0.15, -0.1) is 0 Å². The van der Waals surface area contributed by atoms with E-state index in [0.29, 0.717) is 6.54 Å². The molecule has 0 saturated carbocycles. The van der Waals surface area contributed by atoms with Crippen molar-refractivity contribution in [2.75, 3.05) is 31.1 Å². The zero-order valence-corrected chi connectivity index (χ0v) is 13.0. The molecule has 2 aliphatic rings. The zero-order valence-electron chi connectivity index (χ0n) is 13.0. The molecule has 23 heavy (non-hydrogen) atoms. The Balaban J connectivity index is 1.52. The quantitative estimate of drug-likeness (QED) is 0.892. The summed E-state index contributed by atoms with van der Waals surface area (Å²) in [5.74, 6) is -0.708. The molecule has 0 spiro atoms. The Morgan fingerprint density at radius 1 is 1.13 bits per heavy atom. The lowest BCUT2D eigenvalue weighted by Crippen LogP contribution is -2.41. The first kappa shape index (κ1) is 15.5. The second-order valence-corrected chi connectivity index (χ2v) is 6.05. The second-order valence-electron chi connectivity index (χ2n) is 6.05. The van der Waals surface area contributed by atoms with Gasteiger partial charge >= 0.3 is 0 Å². The monoisotopic (exact) mass is 315 g/mol. The minimum Gasteiger partial charge on any atom is -0.347 e. The Hall–Kier alpha value is -2.37. The van der Waals surface area contributed by atoms with Crippen LogP contribution in [0.1, 0.15) is 19.3 Å². The lowest BCUT2D eigenvalue weighted by Gasteiger charge is -2.18. The number of likely N-dealkylation sites (tertiary alicyclic amines) is 1. The summed E-state index contributed by atoms with van der Waals surface area (Å²) in [6.07, 6.45) is 2.25. The van der Waals surface area contributed by atoms with E-state index in [-0.39, 0.29) is 30.7 Å². The lowest BCUT2D eigenvalue weighted by atomic mass is 10.1. The highest BCUT2D eigenvalue weighted by atomic mass is 16.2. The van der Waals surface area contributed by atoms with Crippen molar-refractivity contribution in [1.29, 1.82) is 0 Å². The molecule has 2 fully saturated rings. The second kappa shape index (κ2) is 6.81. The van der Waals surface area contributed by atoms with Gasteiger partial charge < -0.3 is 15.1 Å². The molecular formula is C17H21N3O3. The van der Waals surface area contributed by atoms with Gasteiger partial charge in [-0.25, -0.2) is 0 Å². The average molecular weight is 315 g/mol. The van der Waals surface area contributed by atoms with Crippen LogP contribution in [0.2, 0.25) is 0 Å². The molecule has 6 nitrogen and oxygen atoms in total. The van der Waals surface area contributed by atoms with Crippen molar-refractivity contribution >= 4 is 23.4 Å². The summed E-state index contributed by atoms with van der Waals surface area (Å²) in [4.78, 5) is 39.7. The Bertz CT molecular complexity index is 596. The predicted octanol–water partition coefficient (Wildman–Crippen LogP) is 0.778. The van der Waals surface area contributed by atoms with Gasteiger partial charge in [-0.1, -0.05) is 18.2 Å². The highest BCUT2D eigenvalue weighted by Crippen LogP contribution is 2.24. The number of carbonyl (C=O) groups excluding carboxylic acids is 3. The average Bonchev–Trinajstić information content (AvgIpc) is 3.23. The van der Waals surface area contributed by atoms with Gasteiger partial charge in [0.05, 0.1) is 12.5 Å². The molecule has 2 heterocycles. The number of hydrogen-bond donors (Lipinski definition) is 1. The van der Waals surface area contributed by atoms with Crippen LogP contribution in [0.3, 0.4) is 0 Å². The van der Waals surface area contributed by atoms with E-state index in [4.69, 9.17) is 0 Å². The summed E-state index contributed by atoms with van der Waals surface area (Å²) in [5.41, 5.74) is 0.806. The van der Waals surface area contributed by atoms with Crippen molar-refractivity contribution in [3.63, 3.8) is 0 Å². The number of amides is 3. The third-order valence-corrected chi connectivity index (χ3v) is 4.44. The number of anilines is 1. The van der Waals surface area contributed by atoms with Crippen LogP contribution in [0, 0.1) is 5.92 Å². The minimum absolute atomic E-state index is 0.0227. The summed E-state index contributed by atoms with van der Waals surface area (Å²) in [6, 6.07) is 9.33. The third kappa shape index (κ3) is 3.52. The van der Waals surface area contributed by atoms with E-state index in [0.717, 1.165) is 31.6 Å². The predicted molar refractivity (Wildman–Crippen MR) is 85.7 cm³/mol. The van der Waals surface area contributed by atoms with Crippen molar-refractivity contribution in [2.45, 2.75) is 19.3 Å². The van der Waals surface area contributed by atoms with Crippen LogP contribution in [0.4, 0.5) is 5.69 Å². The number of nitrogens with one attached hydrogen (secondary N) is 1. The van der Waals surface area contributed by atoms with Crippen LogP contribution < -0.4 is 10.2 Å². The summed E-state index contributed by atoms with van der Waals surface area (Å²) in [6.45, 7) is 1.94. The molecule has 1 aromatic carbocycles. The van der Waals surface area contributed by atoms with Crippen molar-refractivity contribution in [2.24, 2.45) is 5.92 Å². The first-order valence-corrected chi connectivity index (χ1v) is 8.06. The van der Waals surface area contributed by atoms with E-state index in [1.807, 2.05) is 30.3 Å². The smallest absolute Gasteiger partial charge is 0.241 e. The first-order valence-electron chi connectivity index (χ1n) is 8.06. The number of nitrogens with zero attached hydrogens (tertiary/aromatic N) is 2. The number of hydrogen-bond acceptors (Lipinski definition) is 3. The van der Waals surface area contributed by atoms with Gasteiger partial charge in [-0.05, 0) is 25.0 Å². The highest BCUT2D eigenvalue weighted by molar-refractivity contribution is 6.00. The van der Waals surface area contributed by atoms with E-state index in [9.17, 15) is 14.4 Å². The van der Waals surface area contributed by atoms with Gasteiger partial charge in [0.2, 0.25) is 17.7 Å². The molecule has 0 bridgehead atoms. The molecule has 1 N–H and O–H groups in total. The van der Waals surface area contributed by atoms with E-state index >= 15 is 0 Å². The maximum absolute atomic E-state index is 12.2. The molecule has 3 amide bonds. The molecule has 0 aliphatic carbocycles. The molecule has 122 valence electrons. The van der Waals surface area contributed by atoms with Crippen LogP contribution >= 0.6 is 0 Å². The Morgan fingerprint density at radius 3 is 2.52 bits per heavy atom. The van der Waals surface area contributed by atoms with Crippen LogP contribution in [0.5, 0.6) is 0 Å².